The molecule has 0 saturated heterocycles. The van der Waals surface area contributed by atoms with Crippen molar-refractivity contribution in [3.05, 3.63) is 23.8 Å². The number of benzene rings is 1. The average molecular weight is 239 g/mol. The van der Waals surface area contributed by atoms with Gasteiger partial charge < -0.3 is 20.3 Å². The van der Waals surface area contributed by atoms with Gasteiger partial charge in [0.05, 0.1) is 13.7 Å². The Balaban J connectivity index is 2.85. The first-order chi connectivity index (χ1) is 8.08. The quantitative estimate of drug-likeness (QED) is 0.793. The number of nitrogens with two attached hydrogens (primary N) is 1. The molecule has 0 spiro atoms. The second kappa shape index (κ2) is 6.47. The molecule has 1 rings (SSSR count). The third kappa shape index (κ3) is 3.91. The van der Waals surface area contributed by atoms with E-state index < -0.39 is 0 Å². The molecular weight excluding hydrogens is 218 g/mol. The molecule has 0 bridgehead atoms. The van der Waals surface area contributed by atoms with Crippen LogP contribution in [0.1, 0.15) is 25.5 Å². The summed E-state index contributed by atoms with van der Waals surface area (Å²) in [5.74, 6) is 1.56. The smallest absolute Gasteiger partial charge is 0.127 e. The van der Waals surface area contributed by atoms with Crippen molar-refractivity contribution in [1.29, 1.82) is 0 Å². The van der Waals surface area contributed by atoms with E-state index in [4.69, 9.17) is 20.3 Å². The molecule has 0 radical (unpaired) electrons. The highest BCUT2D eigenvalue weighted by molar-refractivity contribution is 5.42. The van der Waals surface area contributed by atoms with E-state index in [-0.39, 0.29) is 18.6 Å². The van der Waals surface area contributed by atoms with Crippen molar-refractivity contribution in [2.24, 2.45) is 11.7 Å². The highest BCUT2D eigenvalue weighted by Gasteiger charge is 2.11. The summed E-state index contributed by atoms with van der Waals surface area (Å²) in [5, 5.41) is 8.96. The first kappa shape index (κ1) is 13.8. The molecular formula is C13H21NO3. The van der Waals surface area contributed by atoms with Gasteiger partial charge in [0.15, 0.2) is 0 Å². The molecule has 4 heteroatoms. The van der Waals surface area contributed by atoms with E-state index in [1.165, 1.54) is 0 Å². The van der Waals surface area contributed by atoms with Gasteiger partial charge in [0.2, 0.25) is 0 Å². The van der Waals surface area contributed by atoms with E-state index >= 15 is 0 Å². The highest BCUT2D eigenvalue weighted by atomic mass is 16.5. The molecule has 0 aliphatic carbocycles. The van der Waals surface area contributed by atoms with Gasteiger partial charge in [-0.1, -0.05) is 13.0 Å². The Hall–Kier alpha value is -1.26. The van der Waals surface area contributed by atoms with Crippen LogP contribution in [0.25, 0.3) is 0 Å². The number of methoxy groups -OCH3 is 1. The zero-order valence-electron chi connectivity index (χ0n) is 10.6. The Bertz CT molecular complexity index is 353. The molecule has 0 heterocycles. The van der Waals surface area contributed by atoms with Crippen LogP contribution in [-0.2, 0) is 0 Å². The van der Waals surface area contributed by atoms with Gasteiger partial charge in [-0.2, -0.15) is 0 Å². The van der Waals surface area contributed by atoms with E-state index in [0.29, 0.717) is 6.61 Å². The maximum absolute atomic E-state index is 8.96. The number of aliphatic hydroxyl groups excluding tert-OH is 1. The van der Waals surface area contributed by atoms with Gasteiger partial charge in [-0.3, -0.25) is 0 Å². The van der Waals surface area contributed by atoms with Gasteiger partial charge >= 0.3 is 0 Å². The Morgan fingerprint density at radius 3 is 2.59 bits per heavy atom. The maximum atomic E-state index is 8.96. The molecule has 0 saturated carbocycles. The summed E-state index contributed by atoms with van der Waals surface area (Å²) in [6.45, 7) is 4.40. The minimum absolute atomic E-state index is 0.0969. The summed E-state index contributed by atoms with van der Waals surface area (Å²) in [6.07, 6.45) is 0. The number of rotatable bonds is 6. The molecule has 0 aliphatic heterocycles. The first-order valence-electron chi connectivity index (χ1n) is 5.75. The Morgan fingerprint density at radius 2 is 2.06 bits per heavy atom. The zero-order chi connectivity index (χ0) is 12.8. The van der Waals surface area contributed by atoms with Gasteiger partial charge in [0.25, 0.3) is 0 Å². The van der Waals surface area contributed by atoms with Crippen molar-refractivity contribution < 1.29 is 14.6 Å². The minimum atomic E-state index is -0.0969. The SMILES string of the molecule is COc1ccc([C@H](C)N)c(OCC(C)CO)c1. The lowest BCUT2D eigenvalue weighted by Gasteiger charge is -2.17. The largest absolute Gasteiger partial charge is 0.497 e. The molecule has 1 unspecified atom stereocenters. The van der Waals surface area contributed by atoms with Gasteiger partial charge in [-0.25, -0.2) is 0 Å². The summed E-state index contributed by atoms with van der Waals surface area (Å²) < 4.78 is 10.8. The van der Waals surface area contributed by atoms with Gasteiger partial charge in [0, 0.05) is 30.2 Å². The van der Waals surface area contributed by atoms with Crippen LogP contribution in [0.3, 0.4) is 0 Å². The lowest BCUT2D eigenvalue weighted by atomic mass is 10.1. The molecule has 1 aromatic rings. The van der Waals surface area contributed by atoms with Crippen LogP contribution in [0.15, 0.2) is 18.2 Å². The van der Waals surface area contributed by atoms with Gasteiger partial charge in [-0.05, 0) is 13.0 Å². The predicted octanol–water partition coefficient (Wildman–Crippen LogP) is 1.72. The summed E-state index contributed by atoms with van der Waals surface area (Å²) in [4.78, 5) is 0. The van der Waals surface area contributed by atoms with Crippen molar-refractivity contribution in [1.82, 2.24) is 0 Å². The van der Waals surface area contributed by atoms with E-state index in [1.54, 1.807) is 7.11 Å². The third-order valence-corrected chi connectivity index (χ3v) is 2.55. The lowest BCUT2D eigenvalue weighted by Crippen LogP contribution is -2.14. The normalized spacial score (nSPS) is 14.2. The van der Waals surface area contributed by atoms with Crippen LogP contribution in [0.5, 0.6) is 11.5 Å². The summed E-state index contributed by atoms with van der Waals surface area (Å²) in [7, 11) is 1.61. The van der Waals surface area contributed by atoms with Crippen LogP contribution in [0, 0.1) is 5.92 Å². The topological polar surface area (TPSA) is 64.7 Å². The van der Waals surface area contributed by atoms with Crippen LogP contribution < -0.4 is 15.2 Å². The molecule has 0 aromatic heterocycles. The van der Waals surface area contributed by atoms with E-state index in [1.807, 2.05) is 32.0 Å². The van der Waals surface area contributed by atoms with Crippen LogP contribution >= 0.6 is 0 Å². The van der Waals surface area contributed by atoms with E-state index in [0.717, 1.165) is 17.1 Å². The zero-order valence-corrected chi connectivity index (χ0v) is 10.6. The average Bonchev–Trinajstić information content (AvgIpc) is 2.35. The van der Waals surface area contributed by atoms with Crippen LogP contribution in [-0.4, -0.2) is 25.4 Å². The standard InChI is InChI=1S/C13H21NO3/c1-9(7-15)8-17-13-6-11(16-3)4-5-12(13)10(2)14/h4-6,9-10,15H,7-8,14H2,1-3H3/t9?,10-/m0/s1. The monoisotopic (exact) mass is 239 g/mol. The molecule has 0 amide bonds. The molecule has 96 valence electrons. The predicted molar refractivity (Wildman–Crippen MR) is 67.3 cm³/mol. The maximum Gasteiger partial charge on any atom is 0.127 e. The fourth-order valence-corrected chi connectivity index (χ4v) is 1.43. The molecule has 0 fully saturated rings. The molecule has 17 heavy (non-hydrogen) atoms. The summed E-state index contributed by atoms with van der Waals surface area (Å²) in [6, 6.07) is 5.49. The molecule has 1 aromatic carbocycles. The summed E-state index contributed by atoms with van der Waals surface area (Å²) >= 11 is 0. The van der Waals surface area contributed by atoms with Crippen molar-refractivity contribution in [3.8, 4) is 11.5 Å². The van der Waals surface area contributed by atoms with Gasteiger partial charge in [0.1, 0.15) is 11.5 Å². The lowest BCUT2D eigenvalue weighted by molar-refractivity contribution is 0.173. The van der Waals surface area contributed by atoms with Gasteiger partial charge in [-0.15, -0.1) is 0 Å². The second-order valence-electron chi connectivity index (χ2n) is 4.29. The molecule has 3 N–H and O–H groups in total. The van der Waals surface area contributed by atoms with E-state index in [9.17, 15) is 0 Å². The van der Waals surface area contributed by atoms with Crippen LogP contribution in [0.4, 0.5) is 0 Å². The fraction of sp³-hybridized carbons (Fsp3) is 0.538. The second-order valence-corrected chi connectivity index (χ2v) is 4.29. The highest BCUT2D eigenvalue weighted by Crippen LogP contribution is 2.28. The molecule has 4 nitrogen and oxygen atoms in total. The number of hydrogen-bond acceptors (Lipinski definition) is 4. The van der Waals surface area contributed by atoms with Crippen LogP contribution in [0.2, 0.25) is 0 Å². The number of hydrogen-bond donors (Lipinski definition) is 2. The van der Waals surface area contributed by atoms with Crippen molar-refractivity contribution in [2.75, 3.05) is 20.3 Å². The number of aliphatic hydroxyl groups is 1. The molecule has 0 aliphatic rings. The fourth-order valence-electron chi connectivity index (χ4n) is 1.43. The first-order valence-corrected chi connectivity index (χ1v) is 5.75. The Kier molecular flexibility index (Phi) is 5.25. The number of ether oxygens (including phenoxy) is 2. The Labute approximate surface area is 102 Å². The van der Waals surface area contributed by atoms with Crippen molar-refractivity contribution in [2.45, 2.75) is 19.9 Å². The third-order valence-electron chi connectivity index (χ3n) is 2.55. The van der Waals surface area contributed by atoms with Crippen molar-refractivity contribution in [3.63, 3.8) is 0 Å². The van der Waals surface area contributed by atoms with E-state index in [2.05, 4.69) is 0 Å². The van der Waals surface area contributed by atoms with Crippen molar-refractivity contribution >= 4 is 0 Å². The molecule has 2 atom stereocenters. The minimum Gasteiger partial charge on any atom is -0.497 e. The Morgan fingerprint density at radius 1 is 1.35 bits per heavy atom. The summed E-state index contributed by atoms with van der Waals surface area (Å²) in [5.41, 5.74) is 6.82.